The van der Waals surface area contributed by atoms with Crippen molar-refractivity contribution in [1.29, 1.82) is 0 Å². The van der Waals surface area contributed by atoms with Crippen LogP contribution in [-0.2, 0) is 14.3 Å². The number of amidine groups is 1. The molecular weight excluding hydrogens is 486 g/mol. The van der Waals surface area contributed by atoms with E-state index in [1.807, 2.05) is 76.1 Å². The van der Waals surface area contributed by atoms with Gasteiger partial charge in [-0.15, -0.1) is 0 Å². The summed E-state index contributed by atoms with van der Waals surface area (Å²) < 4.78 is 16.9. The van der Waals surface area contributed by atoms with E-state index in [2.05, 4.69) is 15.8 Å². The lowest BCUT2D eigenvalue weighted by atomic mass is 10.0. The summed E-state index contributed by atoms with van der Waals surface area (Å²) >= 11 is 0. The van der Waals surface area contributed by atoms with Gasteiger partial charge in [0.15, 0.2) is 5.84 Å². The molecule has 1 aromatic carbocycles. The number of amides is 2. The zero-order chi connectivity index (χ0) is 27.3. The Hall–Kier alpha value is -3.95. The minimum absolute atomic E-state index is 0.171. The first-order valence-corrected chi connectivity index (χ1v) is 13.0. The number of anilines is 2. The second-order valence-corrected chi connectivity index (χ2v) is 10.3. The molecule has 204 valence electrons. The van der Waals surface area contributed by atoms with E-state index in [4.69, 9.17) is 14.2 Å². The molecule has 3 aliphatic heterocycles. The van der Waals surface area contributed by atoms with Crippen molar-refractivity contribution in [3.63, 3.8) is 0 Å². The Morgan fingerprint density at radius 1 is 1.34 bits per heavy atom. The van der Waals surface area contributed by atoms with Gasteiger partial charge < -0.3 is 29.3 Å². The number of hydrogen-bond donors (Lipinski definition) is 2. The fourth-order valence-corrected chi connectivity index (χ4v) is 4.41. The highest BCUT2D eigenvalue weighted by Gasteiger charge is 2.35. The van der Waals surface area contributed by atoms with E-state index in [0.717, 1.165) is 35.4 Å². The Kier molecular flexibility index (Phi) is 8.29. The van der Waals surface area contributed by atoms with Crippen molar-refractivity contribution in [1.82, 2.24) is 10.3 Å². The number of hydrazone groups is 1. The van der Waals surface area contributed by atoms with Crippen molar-refractivity contribution in [3.05, 3.63) is 47.9 Å². The van der Waals surface area contributed by atoms with Crippen LogP contribution in [0.1, 0.15) is 53.0 Å². The molecule has 38 heavy (non-hydrogen) atoms. The molecule has 1 saturated heterocycles. The van der Waals surface area contributed by atoms with Gasteiger partial charge in [0.25, 0.3) is 5.91 Å². The van der Waals surface area contributed by atoms with Gasteiger partial charge in [0, 0.05) is 30.5 Å². The van der Waals surface area contributed by atoms with Crippen molar-refractivity contribution >= 4 is 35.3 Å². The lowest BCUT2D eigenvalue weighted by molar-refractivity contribution is -0.122. The van der Waals surface area contributed by atoms with Crippen LogP contribution in [0.3, 0.4) is 0 Å². The van der Waals surface area contributed by atoms with Crippen LogP contribution in [0.5, 0.6) is 5.75 Å². The molecule has 4 rings (SSSR count). The first kappa shape index (κ1) is 27.1. The second-order valence-electron chi connectivity index (χ2n) is 10.3. The van der Waals surface area contributed by atoms with Crippen LogP contribution in [0.15, 0.2) is 47.4 Å². The minimum Gasteiger partial charge on any atom is -0.501 e. The number of rotatable bonds is 6. The normalized spacial score (nSPS) is 20.6. The maximum atomic E-state index is 12.5. The third kappa shape index (κ3) is 6.48. The number of nitrogens with zero attached hydrogens (tertiary/aromatic N) is 3. The zero-order valence-corrected chi connectivity index (χ0v) is 22.7. The number of likely N-dealkylation sites (tertiary alicyclic amines) is 1. The van der Waals surface area contributed by atoms with Gasteiger partial charge in [-0.05, 0) is 71.7 Å². The van der Waals surface area contributed by atoms with E-state index in [1.54, 1.807) is 11.2 Å². The summed E-state index contributed by atoms with van der Waals surface area (Å²) in [5.74, 6) is 1.15. The maximum absolute atomic E-state index is 12.5. The van der Waals surface area contributed by atoms with E-state index in [1.165, 1.54) is 0 Å². The molecule has 3 heterocycles. The third-order valence-corrected chi connectivity index (χ3v) is 6.24. The van der Waals surface area contributed by atoms with Crippen LogP contribution >= 0.6 is 0 Å². The van der Waals surface area contributed by atoms with Gasteiger partial charge in [-0.3, -0.25) is 4.79 Å². The number of carbonyl (C=O) groups is 2. The summed E-state index contributed by atoms with van der Waals surface area (Å²) in [4.78, 5) is 28.4. The Morgan fingerprint density at radius 2 is 2.16 bits per heavy atom. The van der Waals surface area contributed by atoms with Crippen molar-refractivity contribution < 1.29 is 23.8 Å². The molecule has 2 amide bonds. The van der Waals surface area contributed by atoms with Crippen LogP contribution in [-0.4, -0.2) is 60.7 Å². The zero-order valence-electron chi connectivity index (χ0n) is 22.7. The molecule has 1 fully saturated rings. The fraction of sp³-hybridized carbons (Fsp3) is 0.464. The highest BCUT2D eigenvalue weighted by molar-refractivity contribution is 6.09. The molecule has 1 atom stereocenters. The predicted octanol–water partition coefficient (Wildman–Crippen LogP) is 4.61. The Labute approximate surface area is 224 Å². The van der Waals surface area contributed by atoms with Crippen LogP contribution in [0.25, 0.3) is 6.08 Å². The minimum atomic E-state index is -0.515. The average Bonchev–Trinajstić information content (AvgIpc) is 2.88. The van der Waals surface area contributed by atoms with Crippen LogP contribution in [0.4, 0.5) is 16.2 Å². The number of nitrogens with one attached hydrogen (secondary N) is 2. The predicted molar refractivity (Wildman–Crippen MR) is 148 cm³/mol. The number of hydrogen-bond acceptors (Lipinski definition) is 8. The second kappa shape index (κ2) is 11.6. The van der Waals surface area contributed by atoms with Gasteiger partial charge in [-0.25, -0.2) is 10.2 Å². The van der Waals surface area contributed by atoms with Crippen molar-refractivity contribution in [2.24, 2.45) is 5.10 Å². The molecule has 1 aromatic rings. The molecule has 0 aliphatic carbocycles. The number of carbonyl (C=O) groups excluding carboxylic acids is 2. The van der Waals surface area contributed by atoms with E-state index < -0.39 is 11.6 Å². The quantitative estimate of drug-likeness (QED) is 0.525. The molecule has 0 saturated carbocycles. The third-order valence-electron chi connectivity index (χ3n) is 6.24. The average molecular weight is 524 g/mol. The molecule has 0 aromatic heterocycles. The number of fused-ring (bicyclic) bond motifs is 3. The highest BCUT2D eigenvalue weighted by atomic mass is 16.6. The van der Waals surface area contributed by atoms with Gasteiger partial charge in [0.05, 0.1) is 18.6 Å². The van der Waals surface area contributed by atoms with Crippen molar-refractivity contribution in [3.8, 4) is 5.75 Å². The molecule has 0 radical (unpaired) electrons. The lowest BCUT2D eigenvalue weighted by Crippen LogP contribution is -2.55. The van der Waals surface area contributed by atoms with Gasteiger partial charge in [-0.2, -0.15) is 5.10 Å². The smallest absolute Gasteiger partial charge is 0.410 e. The van der Waals surface area contributed by atoms with Gasteiger partial charge in [0.1, 0.15) is 24.0 Å². The van der Waals surface area contributed by atoms with Gasteiger partial charge in [0.2, 0.25) is 0 Å². The summed E-state index contributed by atoms with van der Waals surface area (Å²) in [6, 6.07) is 3.46. The molecule has 2 N–H and O–H groups in total. The number of ether oxygens (including phenoxy) is 3. The van der Waals surface area contributed by atoms with Gasteiger partial charge >= 0.3 is 6.09 Å². The van der Waals surface area contributed by atoms with Crippen LogP contribution in [0.2, 0.25) is 0 Å². The molecule has 0 unspecified atom stereocenters. The summed E-state index contributed by atoms with van der Waals surface area (Å²) in [7, 11) is 0. The van der Waals surface area contributed by atoms with Crippen LogP contribution in [0, 0.1) is 0 Å². The van der Waals surface area contributed by atoms with Gasteiger partial charge in [-0.1, -0.05) is 11.6 Å². The Balaban J connectivity index is 1.52. The molecule has 10 nitrogen and oxygen atoms in total. The number of benzene rings is 1. The van der Waals surface area contributed by atoms with Crippen molar-refractivity contribution in [2.45, 2.75) is 59.1 Å². The topological polar surface area (TPSA) is 105 Å². The first-order valence-electron chi connectivity index (χ1n) is 13.0. The summed E-state index contributed by atoms with van der Waals surface area (Å²) in [6.07, 6.45) is 10.9. The molecule has 0 spiro atoms. The molecule has 3 aliphatic rings. The SMILES string of the molecule is CCO/C=C/c1cc2c(cc1NC=C/C=C1\CCCN(C(=O)OC(C)(C)C)C1)N1C(=NNC(=O)[C@H]1C)CO2. The maximum Gasteiger partial charge on any atom is 0.410 e. The summed E-state index contributed by atoms with van der Waals surface area (Å²) in [5.41, 5.74) is 5.65. The lowest BCUT2D eigenvalue weighted by Gasteiger charge is -2.38. The number of piperidine rings is 1. The fourth-order valence-electron chi connectivity index (χ4n) is 4.41. The summed E-state index contributed by atoms with van der Waals surface area (Å²) in [5, 5.41) is 7.52. The Bertz CT molecular complexity index is 1180. The first-order chi connectivity index (χ1) is 18.2. The van der Waals surface area contributed by atoms with E-state index in [0.29, 0.717) is 31.3 Å². The molecular formula is C28H37N5O5. The Morgan fingerprint density at radius 3 is 2.92 bits per heavy atom. The standard InChI is InChI=1S/C28H37N5O5/c1-6-36-14-11-21-15-24-23(33-19(2)26(34)31-30-25(33)18-37-24)16-22(21)29-12-7-9-20-10-8-13-32(17-20)27(35)38-28(3,4)5/h7,9,11-12,14-16,19,29H,6,8,10,13,17-18H2,1-5H3,(H,31,34)/b12-7?,14-11+,20-9+/t19-/m1/s1. The molecule has 0 bridgehead atoms. The highest BCUT2D eigenvalue weighted by Crippen LogP contribution is 2.39. The van der Waals surface area contributed by atoms with Crippen LogP contribution < -0.4 is 20.4 Å². The number of allylic oxidation sites excluding steroid dienone is 2. The molecule has 10 heteroatoms. The van der Waals surface area contributed by atoms with E-state index in [-0.39, 0.29) is 18.6 Å². The van der Waals surface area contributed by atoms with E-state index >= 15 is 0 Å². The monoisotopic (exact) mass is 523 g/mol. The summed E-state index contributed by atoms with van der Waals surface area (Å²) in [6.45, 7) is 11.5. The van der Waals surface area contributed by atoms with E-state index in [9.17, 15) is 9.59 Å². The van der Waals surface area contributed by atoms with Crippen molar-refractivity contribution in [2.75, 3.05) is 36.5 Å². The largest absolute Gasteiger partial charge is 0.501 e.